The van der Waals surface area contributed by atoms with Crippen LogP contribution in [-0.4, -0.2) is 24.4 Å². The molecular weight excluding hydrogens is 104 g/mol. The van der Waals surface area contributed by atoms with Gasteiger partial charge < -0.3 is 9.84 Å². The third kappa shape index (κ3) is 1.01. The molecule has 0 bridgehead atoms. The summed E-state index contributed by atoms with van der Waals surface area (Å²) in [6.07, 6.45) is 1.20. The van der Waals surface area contributed by atoms with Crippen molar-refractivity contribution in [2.24, 2.45) is 5.92 Å². The maximum atomic E-state index is 8.91. The predicted octanol–water partition coefficient (Wildman–Crippen LogP) is 0.402. The van der Waals surface area contributed by atoms with Crippen molar-refractivity contribution in [1.29, 1.82) is 0 Å². The van der Waals surface area contributed by atoms with E-state index in [0.717, 1.165) is 6.42 Å². The molecule has 0 spiro atoms. The van der Waals surface area contributed by atoms with Crippen LogP contribution in [0.2, 0.25) is 0 Å². The van der Waals surface area contributed by atoms with E-state index in [1.54, 1.807) is 7.11 Å². The molecule has 1 aliphatic rings. The Kier molecular flexibility index (Phi) is 1.54. The Labute approximate surface area is 49.5 Å². The predicted molar refractivity (Wildman–Crippen MR) is 30.6 cm³/mol. The van der Waals surface area contributed by atoms with E-state index in [1.807, 2.05) is 6.92 Å². The lowest BCUT2D eigenvalue weighted by Gasteiger charge is -1.98. The molecule has 48 valence electrons. The average molecular weight is 116 g/mol. The van der Waals surface area contributed by atoms with Crippen molar-refractivity contribution in [2.75, 3.05) is 7.11 Å². The van der Waals surface area contributed by atoms with Gasteiger partial charge in [0, 0.05) is 13.0 Å². The van der Waals surface area contributed by atoms with Crippen molar-refractivity contribution in [3.05, 3.63) is 0 Å². The fraction of sp³-hybridized carbons (Fsp3) is 1.00. The van der Waals surface area contributed by atoms with E-state index in [1.165, 1.54) is 0 Å². The summed E-state index contributed by atoms with van der Waals surface area (Å²) in [5.74, 6) is 0.417. The second kappa shape index (κ2) is 2.03. The average Bonchev–Trinajstić information content (AvgIpc) is 2.42. The number of ether oxygens (including phenoxy) is 1. The van der Waals surface area contributed by atoms with Crippen molar-refractivity contribution in [1.82, 2.24) is 0 Å². The molecule has 0 aromatic heterocycles. The second-order valence-electron chi connectivity index (χ2n) is 2.41. The first-order chi connectivity index (χ1) is 3.75. The summed E-state index contributed by atoms with van der Waals surface area (Å²) in [5, 5.41) is 8.91. The molecule has 0 amide bonds. The summed E-state index contributed by atoms with van der Waals surface area (Å²) in [7, 11) is 1.69. The van der Waals surface area contributed by atoms with Gasteiger partial charge in [0.05, 0.1) is 12.2 Å². The molecule has 8 heavy (non-hydrogen) atoms. The SMILES string of the molecule is COC1CC1C(C)O. The van der Waals surface area contributed by atoms with Crippen molar-refractivity contribution < 1.29 is 9.84 Å². The van der Waals surface area contributed by atoms with Crippen LogP contribution in [0, 0.1) is 5.92 Å². The normalized spacial score (nSPS) is 39.4. The molecule has 1 fully saturated rings. The molecule has 0 radical (unpaired) electrons. The molecule has 3 atom stereocenters. The molecule has 0 aliphatic heterocycles. The van der Waals surface area contributed by atoms with E-state index >= 15 is 0 Å². The lowest BCUT2D eigenvalue weighted by molar-refractivity contribution is 0.112. The minimum Gasteiger partial charge on any atom is -0.393 e. The van der Waals surface area contributed by atoms with Crippen molar-refractivity contribution in [3.63, 3.8) is 0 Å². The Morgan fingerprint density at radius 2 is 2.38 bits per heavy atom. The minimum atomic E-state index is -0.181. The van der Waals surface area contributed by atoms with Crippen LogP contribution >= 0.6 is 0 Å². The van der Waals surface area contributed by atoms with Crippen LogP contribution in [-0.2, 0) is 4.74 Å². The fourth-order valence-corrected chi connectivity index (χ4v) is 0.968. The molecule has 3 unspecified atom stereocenters. The topological polar surface area (TPSA) is 29.5 Å². The largest absolute Gasteiger partial charge is 0.393 e. The van der Waals surface area contributed by atoms with Crippen LogP contribution in [0.15, 0.2) is 0 Å². The van der Waals surface area contributed by atoms with E-state index in [2.05, 4.69) is 0 Å². The highest BCUT2D eigenvalue weighted by Gasteiger charge is 2.40. The summed E-state index contributed by atoms with van der Waals surface area (Å²) >= 11 is 0. The zero-order valence-corrected chi connectivity index (χ0v) is 5.29. The Hall–Kier alpha value is -0.0800. The van der Waals surface area contributed by atoms with Crippen LogP contribution in [0.1, 0.15) is 13.3 Å². The first kappa shape index (κ1) is 6.05. The van der Waals surface area contributed by atoms with Gasteiger partial charge in [-0.3, -0.25) is 0 Å². The number of methoxy groups -OCH3 is 1. The van der Waals surface area contributed by atoms with E-state index in [0.29, 0.717) is 12.0 Å². The van der Waals surface area contributed by atoms with Crippen LogP contribution in [0.4, 0.5) is 0 Å². The van der Waals surface area contributed by atoms with Gasteiger partial charge in [-0.05, 0) is 13.3 Å². The van der Waals surface area contributed by atoms with Gasteiger partial charge in [0.1, 0.15) is 0 Å². The smallest absolute Gasteiger partial charge is 0.0629 e. The van der Waals surface area contributed by atoms with E-state index < -0.39 is 0 Å². The third-order valence-corrected chi connectivity index (χ3v) is 1.70. The number of rotatable bonds is 2. The van der Waals surface area contributed by atoms with Crippen LogP contribution in [0.5, 0.6) is 0 Å². The van der Waals surface area contributed by atoms with Gasteiger partial charge in [-0.2, -0.15) is 0 Å². The molecule has 0 aromatic carbocycles. The number of hydrogen-bond acceptors (Lipinski definition) is 2. The molecule has 1 N–H and O–H groups in total. The molecule has 2 heteroatoms. The van der Waals surface area contributed by atoms with Crippen molar-refractivity contribution >= 4 is 0 Å². The van der Waals surface area contributed by atoms with Gasteiger partial charge in [-0.15, -0.1) is 0 Å². The highest BCUT2D eigenvalue weighted by Crippen LogP contribution is 2.35. The molecule has 0 aromatic rings. The summed E-state index contributed by atoms with van der Waals surface area (Å²) in [6, 6.07) is 0. The van der Waals surface area contributed by atoms with Gasteiger partial charge in [0.15, 0.2) is 0 Å². The molecule has 2 nitrogen and oxygen atoms in total. The monoisotopic (exact) mass is 116 g/mol. The second-order valence-corrected chi connectivity index (χ2v) is 2.41. The standard InChI is InChI=1S/C6H12O2/c1-4(7)5-3-6(5)8-2/h4-7H,3H2,1-2H3. The van der Waals surface area contributed by atoms with Crippen LogP contribution in [0.3, 0.4) is 0 Å². The fourth-order valence-electron chi connectivity index (χ4n) is 0.968. The highest BCUT2D eigenvalue weighted by molar-refractivity contribution is 4.90. The van der Waals surface area contributed by atoms with Gasteiger partial charge in [-0.25, -0.2) is 0 Å². The van der Waals surface area contributed by atoms with Crippen molar-refractivity contribution in [2.45, 2.75) is 25.6 Å². The molecule has 0 saturated heterocycles. The summed E-state index contributed by atoms with van der Waals surface area (Å²) < 4.78 is 4.98. The van der Waals surface area contributed by atoms with Gasteiger partial charge in [0.2, 0.25) is 0 Å². The van der Waals surface area contributed by atoms with E-state index in [9.17, 15) is 0 Å². The number of aliphatic hydroxyl groups is 1. The Morgan fingerprint density at radius 1 is 1.75 bits per heavy atom. The summed E-state index contributed by atoms with van der Waals surface area (Å²) in [5.41, 5.74) is 0. The van der Waals surface area contributed by atoms with Crippen LogP contribution < -0.4 is 0 Å². The lowest BCUT2D eigenvalue weighted by atomic mass is 10.3. The third-order valence-electron chi connectivity index (χ3n) is 1.70. The summed E-state index contributed by atoms with van der Waals surface area (Å²) in [6.45, 7) is 1.81. The van der Waals surface area contributed by atoms with Gasteiger partial charge in [0.25, 0.3) is 0 Å². The van der Waals surface area contributed by atoms with E-state index in [-0.39, 0.29) is 6.10 Å². The number of aliphatic hydroxyl groups excluding tert-OH is 1. The molecule has 1 aliphatic carbocycles. The zero-order chi connectivity index (χ0) is 6.15. The zero-order valence-electron chi connectivity index (χ0n) is 5.29. The van der Waals surface area contributed by atoms with Gasteiger partial charge in [-0.1, -0.05) is 0 Å². The maximum Gasteiger partial charge on any atom is 0.0629 e. The molecule has 1 saturated carbocycles. The molecule has 1 rings (SSSR count). The summed E-state index contributed by atoms with van der Waals surface area (Å²) in [4.78, 5) is 0. The quantitative estimate of drug-likeness (QED) is 0.566. The van der Waals surface area contributed by atoms with Crippen molar-refractivity contribution in [3.8, 4) is 0 Å². The Balaban J connectivity index is 2.16. The minimum absolute atomic E-state index is 0.181. The Bertz CT molecular complexity index is 80.6. The first-order valence-electron chi connectivity index (χ1n) is 2.96. The van der Waals surface area contributed by atoms with E-state index in [4.69, 9.17) is 9.84 Å². The maximum absolute atomic E-state index is 8.91. The van der Waals surface area contributed by atoms with Crippen LogP contribution in [0.25, 0.3) is 0 Å². The Morgan fingerprint density at radius 3 is 2.50 bits per heavy atom. The number of hydrogen-bond donors (Lipinski definition) is 1. The van der Waals surface area contributed by atoms with Gasteiger partial charge >= 0.3 is 0 Å². The highest BCUT2D eigenvalue weighted by atomic mass is 16.5. The molecule has 0 heterocycles. The first-order valence-corrected chi connectivity index (χ1v) is 2.96. The molecular formula is C6H12O2. The lowest BCUT2D eigenvalue weighted by Crippen LogP contribution is -2.06.